The van der Waals surface area contributed by atoms with Crippen LogP contribution in [0.2, 0.25) is 0 Å². The van der Waals surface area contributed by atoms with Gasteiger partial charge in [0.2, 0.25) is 0 Å². The average Bonchev–Trinajstić information content (AvgIpc) is 2.18. The second-order valence-corrected chi connectivity index (χ2v) is 3.21. The van der Waals surface area contributed by atoms with Gasteiger partial charge in [-0.1, -0.05) is 6.07 Å². The minimum atomic E-state index is -0.856. The van der Waals surface area contributed by atoms with Crippen molar-refractivity contribution in [1.29, 1.82) is 0 Å². The van der Waals surface area contributed by atoms with E-state index in [1.807, 2.05) is 0 Å². The molecule has 0 saturated heterocycles. The smallest absolute Gasteiger partial charge is 0.159 e. The second kappa shape index (κ2) is 5.02. The third-order valence-corrected chi connectivity index (χ3v) is 2.09. The molecule has 0 fully saturated rings. The standard InChI is InChI=1S/C10H14F2N2/c11-8-4-3-7(6-9(8)12)10(14)2-1-5-13/h3-4,6,10H,1-2,5,13-14H2/t10-/m0/s1. The van der Waals surface area contributed by atoms with Crippen molar-refractivity contribution in [3.05, 3.63) is 35.4 Å². The summed E-state index contributed by atoms with van der Waals surface area (Å²) >= 11 is 0. The molecule has 0 spiro atoms. The molecule has 0 bridgehead atoms. The number of nitrogens with two attached hydrogens (primary N) is 2. The van der Waals surface area contributed by atoms with E-state index in [0.717, 1.165) is 18.6 Å². The van der Waals surface area contributed by atoms with Crippen molar-refractivity contribution in [3.8, 4) is 0 Å². The highest BCUT2D eigenvalue weighted by Crippen LogP contribution is 2.17. The zero-order valence-corrected chi connectivity index (χ0v) is 7.84. The minimum Gasteiger partial charge on any atom is -0.330 e. The van der Waals surface area contributed by atoms with Gasteiger partial charge >= 0.3 is 0 Å². The molecule has 0 aromatic heterocycles. The average molecular weight is 200 g/mol. The van der Waals surface area contributed by atoms with Crippen LogP contribution in [-0.4, -0.2) is 6.54 Å². The molecule has 0 aliphatic heterocycles. The van der Waals surface area contributed by atoms with Crippen molar-refractivity contribution < 1.29 is 8.78 Å². The Morgan fingerprint density at radius 1 is 1.21 bits per heavy atom. The molecular formula is C10H14F2N2. The summed E-state index contributed by atoms with van der Waals surface area (Å²) in [5, 5.41) is 0. The number of hydrogen-bond donors (Lipinski definition) is 2. The van der Waals surface area contributed by atoms with Crippen LogP contribution in [0.15, 0.2) is 18.2 Å². The summed E-state index contributed by atoms with van der Waals surface area (Å²) in [5.41, 5.74) is 11.7. The maximum absolute atomic E-state index is 12.8. The molecule has 78 valence electrons. The van der Waals surface area contributed by atoms with Crippen LogP contribution in [0.3, 0.4) is 0 Å². The minimum absolute atomic E-state index is 0.270. The molecule has 0 aliphatic rings. The first-order chi connectivity index (χ1) is 6.65. The highest BCUT2D eigenvalue weighted by atomic mass is 19.2. The molecular weight excluding hydrogens is 186 g/mol. The van der Waals surface area contributed by atoms with Crippen LogP contribution in [0.5, 0.6) is 0 Å². The Labute approximate surface area is 81.9 Å². The van der Waals surface area contributed by atoms with Gasteiger partial charge < -0.3 is 11.5 Å². The Kier molecular flexibility index (Phi) is 3.98. The summed E-state index contributed by atoms with van der Waals surface area (Å²) in [4.78, 5) is 0. The Morgan fingerprint density at radius 3 is 2.50 bits per heavy atom. The van der Waals surface area contributed by atoms with E-state index in [4.69, 9.17) is 11.5 Å². The predicted octanol–water partition coefficient (Wildman–Crippen LogP) is 1.70. The molecule has 0 saturated carbocycles. The Balaban J connectivity index is 2.70. The maximum atomic E-state index is 12.8. The summed E-state index contributed by atoms with van der Waals surface area (Å²) in [7, 11) is 0. The fraction of sp³-hybridized carbons (Fsp3) is 0.400. The van der Waals surface area contributed by atoms with Gasteiger partial charge in [-0.05, 0) is 37.1 Å². The van der Waals surface area contributed by atoms with Crippen molar-refractivity contribution in [3.63, 3.8) is 0 Å². The van der Waals surface area contributed by atoms with Gasteiger partial charge in [0, 0.05) is 6.04 Å². The number of hydrogen-bond acceptors (Lipinski definition) is 2. The van der Waals surface area contributed by atoms with E-state index < -0.39 is 11.6 Å². The third kappa shape index (κ3) is 2.75. The van der Waals surface area contributed by atoms with Gasteiger partial charge in [0.1, 0.15) is 0 Å². The molecule has 1 rings (SSSR count). The van der Waals surface area contributed by atoms with E-state index in [1.54, 1.807) is 0 Å². The Bertz CT molecular complexity index is 302. The lowest BCUT2D eigenvalue weighted by atomic mass is 10.0. The van der Waals surface area contributed by atoms with Crippen LogP contribution >= 0.6 is 0 Å². The first kappa shape index (κ1) is 11.1. The van der Waals surface area contributed by atoms with E-state index in [2.05, 4.69) is 0 Å². The fourth-order valence-electron chi connectivity index (χ4n) is 1.25. The Morgan fingerprint density at radius 2 is 1.93 bits per heavy atom. The molecule has 4 N–H and O–H groups in total. The van der Waals surface area contributed by atoms with Crippen LogP contribution in [-0.2, 0) is 0 Å². The van der Waals surface area contributed by atoms with Crippen molar-refractivity contribution >= 4 is 0 Å². The molecule has 0 unspecified atom stereocenters. The van der Waals surface area contributed by atoms with Crippen LogP contribution in [0.4, 0.5) is 8.78 Å². The van der Waals surface area contributed by atoms with Gasteiger partial charge in [-0.25, -0.2) is 8.78 Å². The lowest BCUT2D eigenvalue weighted by molar-refractivity contribution is 0.503. The molecule has 1 aromatic carbocycles. The third-order valence-electron chi connectivity index (χ3n) is 2.09. The van der Waals surface area contributed by atoms with E-state index in [0.29, 0.717) is 18.5 Å². The summed E-state index contributed by atoms with van der Waals surface area (Å²) < 4.78 is 25.4. The Hall–Kier alpha value is -1.00. The topological polar surface area (TPSA) is 52.0 Å². The van der Waals surface area contributed by atoms with E-state index in [9.17, 15) is 8.78 Å². The molecule has 2 nitrogen and oxygen atoms in total. The van der Waals surface area contributed by atoms with Crippen molar-refractivity contribution in [2.75, 3.05) is 6.54 Å². The SMILES string of the molecule is NCCC[C@H](N)c1ccc(F)c(F)c1. The summed E-state index contributed by atoms with van der Waals surface area (Å²) in [5.74, 6) is -1.70. The maximum Gasteiger partial charge on any atom is 0.159 e. The zero-order valence-electron chi connectivity index (χ0n) is 7.84. The first-order valence-electron chi connectivity index (χ1n) is 4.55. The van der Waals surface area contributed by atoms with Crippen LogP contribution < -0.4 is 11.5 Å². The second-order valence-electron chi connectivity index (χ2n) is 3.21. The van der Waals surface area contributed by atoms with Crippen LogP contribution in [0.1, 0.15) is 24.4 Å². The van der Waals surface area contributed by atoms with Crippen molar-refractivity contribution in [2.24, 2.45) is 11.5 Å². The number of halogens is 2. The molecule has 0 aliphatic carbocycles. The summed E-state index contributed by atoms with van der Waals surface area (Å²) in [6.45, 7) is 0.553. The lowest BCUT2D eigenvalue weighted by Gasteiger charge is -2.11. The highest BCUT2D eigenvalue weighted by Gasteiger charge is 2.08. The monoisotopic (exact) mass is 200 g/mol. The predicted molar refractivity (Wildman–Crippen MR) is 51.6 cm³/mol. The normalized spacial score (nSPS) is 12.9. The molecule has 14 heavy (non-hydrogen) atoms. The highest BCUT2D eigenvalue weighted by molar-refractivity contribution is 5.20. The van der Waals surface area contributed by atoms with Gasteiger partial charge in [0.05, 0.1) is 0 Å². The number of rotatable bonds is 4. The lowest BCUT2D eigenvalue weighted by Crippen LogP contribution is -2.12. The van der Waals surface area contributed by atoms with E-state index >= 15 is 0 Å². The molecule has 1 aromatic rings. The molecule has 0 radical (unpaired) electrons. The van der Waals surface area contributed by atoms with Gasteiger partial charge in [-0.3, -0.25) is 0 Å². The molecule has 1 atom stereocenters. The molecule has 0 heterocycles. The van der Waals surface area contributed by atoms with Crippen molar-refractivity contribution in [1.82, 2.24) is 0 Å². The van der Waals surface area contributed by atoms with Crippen LogP contribution in [0, 0.1) is 11.6 Å². The van der Waals surface area contributed by atoms with Gasteiger partial charge in [0.15, 0.2) is 11.6 Å². The van der Waals surface area contributed by atoms with E-state index in [-0.39, 0.29) is 6.04 Å². The summed E-state index contributed by atoms with van der Waals surface area (Å²) in [6, 6.07) is 3.46. The molecule has 4 heteroatoms. The quantitative estimate of drug-likeness (QED) is 0.777. The van der Waals surface area contributed by atoms with Gasteiger partial charge in [-0.2, -0.15) is 0 Å². The largest absolute Gasteiger partial charge is 0.330 e. The van der Waals surface area contributed by atoms with Crippen molar-refractivity contribution in [2.45, 2.75) is 18.9 Å². The van der Waals surface area contributed by atoms with E-state index in [1.165, 1.54) is 6.07 Å². The summed E-state index contributed by atoms with van der Waals surface area (Å²) in [6.07, 6.45) is 1.46. The zero-order chi connectivity index (χ0) is 10.6. The fourth-order valence-corrected chi connectivity index (χ4v) is 1.25. The van der Waals surface area contributed by atoms with Gasteiger partial charge in [-0.15, -0.1) is 0 Å². The van der Waals surface area contributed by atoms with Gasteiger partial charge in [0.25, 0.3) is 0 Å². The van der Waals surface area contributed by atoms with Crippen LogP contribution in [0.25, 0.3) is 0 Å². The number of benzene rings is 1. The first-order valence-corrected chi connectivity index (χ1v) is 4.55. The molecule has 0 amide bonds.